The SMILES string of the molecule is c1cnc2c(OCC3(CC4CC4)CCNC(c4nnc5ccccn45)C3)cccc2c1. The van der Waals surface area contributed by atoms with Crippen LogP contribution in [0.25, 0.3) is 16.6 Å². The number of nitrogens with zero attached hydrogens (tertiary/aromatic N) is 4. The Labute approximate surface area is 181 Å². The lowest BCUT2D eigenvalue weighted by Gasteiger charge is -2.41. The summed E-state index contributed by atoms with van der Waals surface area (Å²) in [5.41, 5.74) is 1.98. The number of rotatable bonds is 6. The van der Waals surface area contributed by atoms with Crippen LogP contribution in [0.5, 0.6) is 5.75 Å². The number of hydrogen-bond donors (Lipinski definition) is 1. The summed E-state index contributed by atoms with van der Waals surface area (Å²) in [4.78, 5) is 4.57. The average Bonchev–Trinajstić information content (AvgIpc) is 3.52. The molecule has 1 aromatic carbocycles. The van der Waals surface area contributed by atoms with E-state index < -0.39 is 0 Å². The van der Waals surface area contributed by atoms with Gasteiger partial charge in [-0.2, -0.15) is 0 Å². The highest BCUT2D eigenvalue weighted by Crippen LogP contribution is 2.48. The number of benzene rings is 1. The molecule has 2 fully saturated rings. The van der Waals surface area contributed by atoms with E-state index >= 15 is 0 Å². The maximum absolute atomic E-state index is 6.51. The van der Waals surface area contributed by atoms with Crippen molar-refractivity contribution in [2.24, 2.45) is 11.3 Å². The Morgan fingerprint density at radius 1 is 1.06 bits per heavy atom. The van der Waals surface area contributed by atoms with Crippen LogP contribution in [0.3, 0.4) is 0 Å². The molecular formula is C25H27N5O. The Balaban J connectivity index is 1.28. The number of para-hydroxylation sites is 1. The highest BCUT2D eigenvalue weighted by Gasteiger charge is 2.42. The monoisotopic (exact) mass is 413 g/mol. The van der Waals surface area contributed by atoms with Crippen LogP contribution in [0, 0.1) is 11.3 Å². The Bertz CT molecular complexity index is 1210. The van der Waals surface area contributed by atoms with Gasteiger partial charge >= 0.3 is 0 Å². The zero-order valence-corrected chi connectivity index (χ0v) is 17.6. The molecule has 6 nitrogen and oxygen atoms in total. The van der Waals surface area contributed by atoms with Crippen LogP contribution in [0.15, 0.2) is 60.9 Å². The summed E-state index contributed by atoms with van der Waals surface area (Å²) in [6.07, 6.45) is 9.95. The van der Waals surface area contributed by atoms with E-state index in [2.05, 4.69) is 49.3 Å². The van der Waals surface area contributed by atoms with Crippen molar-refractivity contribution in [1.82, 2.24) is 24.9 Å². The minimum atomic E-state index is 0.134. The number of ether oxygens (including phenoxy) is 1. The molecule has 4 aromatic rings. The first-order chi connectivity index (χ1) is 15.3. The number of nitrogens with one attached hydrogen (secondary N) is 1. The van der Waals surface area contributed by atoms with Gasteiger partial charge in [-0.25, -0.2) is 0 Å². The fourth-order valence-electron chi connectivity index (χ4n) is 5.13. The molecule has 2 aliphatic rings. The van der Waals surface area contributed by atoms with Crippen molar-refractivity contribution < 1.29 is 4.74 Å². The van der Waals surface area contributed by atoms with E-state index in [9.17, 15) is 0 Å². The average molecular weight is 414 g/mol. The van der Waals surface area contributed by atoms with E-state index in [1.165, 1.54) is 19.3 Å². The van der Waals surface area contributed by atoms with Crippen LogP contribution in [-0.2, 0) is 0 Å². The Hall–Kier alpha value is -2.99. The molecule has 0 bridgehead atoms. The normalized spacial score (nSPS) is 23.9. The summed E-state index contributed by atoms with van der Waals surface area (Å²) >= 11 is 0. The molecular weight excluding hydrogens is 386 g/mol. The first kappa shape index (κ1) is 18.8. The van der Waals surface area contributed by atoms with E-state index in [1.807, 2.05) is 36.5 Å². The van der Waals surface area contributed by atoms with Gasteiger partial charge in [-0.15, -0.1) is 10.2 Å². The Morgan fingerprint density at radius 2 is 2.00 bits per heavy atom. The van der Waals surface area contributed by atoms with E-state index in [0.29, 0.717) is 6.61 Å². The van der Waals surface area contributed by atoms with Gasteiger partial charge in [0.15, 0.2) is 11.5 Å². The van der Waals surface area contributed by atoms with Crippen LogP contribution < -0.4 is 10.1 Å². The fraction of sp³-hybridized carbons (Fsp3) is 0.400. The molecule has 1 N–H and O–H groups in total. The fourth-order valence-corrected chi connectivity index (χ4v) is 5.13. The number of pyridine rings is 2. The molecule has 1 aliphatic heterocycles. The standard InChI is InChI=1S/C25H27N5O/c1-2-14-30-22(8-1)28-29-24(30)20-16-25(11-13-26-20,15-18-9-10-18)17-31-21-7-3-5-19-6-4-12-27-23(19)21/h1-8,12,14,18,20,26H,9-11,13,15-17H2. The first-order valence-corrected chi connectivity index (χ1v) is 11.3. The summed E-state index contributed by atoms with van der Waals surface area (Å²) in [5.74, 6) is 2.72. The van der Waals surface area contributed by atoms with Gasteiger partial charge in [-0.05, 0) is 56.0 Å². The summed E-state index contributed by atoms with van der Waals surface area (Å²) < 4.78 is 8.62. The van der Waals surface area contributed by atoms with Crippen LogP contribution >= 0.6 is 0 Å². The molecule has 1 saturated heterocycles. The second-order valence-corrected chi connectivity index (χ2v) is 9.22. The van der Waals surface area contributed by atoms with Crippen LogP contribution in [-0.4, -0.2) is 32.7 Å². The summed E-state index contributed by atoms with van der Waals surface area (Å²) in [5, 5.41) is 13.7. The van der Waals surface area contributed by atoms with E-state index in [4.69, 9.17) is 4.74 Å². The van der Waals surface area contributed by atoms with Crippen molar-refractivity contribution in [2.45, 2.75) is 38.1 Å². The third kappa shape index (κ3) is 3.65. The number of piperidine rings is 1. The van der Waals surface area contributed by atoms with Crippen molar-refractivity contribution in [3.63, 3.8) is 0 Å². The molecule has 1 saturated carbocycles. The lowest BCUT2D eigenvalue weighted by Crippen LogP contribution is -2.43. The molecule has 2 unspecified atom stereocenters. The predicted molar refractivity (Wildman–Crippen MR) is 120 cm³/mol. The van der Waals surface area contributed by atoms with E-state index in [1.54, 1.807) is 0 Å². The van der Waals surface area contributed by atoms with Crippen molar-refractivity contribution in [3.8, 4) is 5.75 Å². The van der Waals surface area contributed by atoms with Gasteiger partial charge in [0.05, 0.1) is 12.6 Å². The zero-order valence-electron chi connectivity index (χ0n) is 17.6. The second-order valence-electron chi connectivity index (χ2n) is 9.22. The van der Waals surface area contributed by atoms with E-state index in [-0.39, 0.29) is 11.5 Å². The molecule has 6 rings (SSSR count). The van der Waals surface area contributed by atoms with Crippen LogP contribution in [0.2, 0.25) is 0 Å². The molecule has 6 heteroatoms. The number of fused-ring (bicyclic) bond motifs is 2. The maximum atomic E-state index is 6.51. The summed E-state index contributed by atoms with van der Waals surface area (Å²) in [6.45, 7) is 1.68. The molecule has 0 spiro atoms. The molecule has 4 heterocycles. The number of hydrogen-bond acceptors (Lipinski definition) is 5. The van der Waals surface area contributed by atoms with Crippen LogP contribution in [0.1, 0.15) is 44.0 Å². The minimum absolute atomic E-state index is 0.134. The first-order valence-electron chi connectivity index (χ1n) is 11.3. The van der Waals surface area contributed by atoms with Crippen molar-refractivity contribution in [2.75, 3.05) is 13.2 Å². The number of aromatic nitrogens is 4. The summed E-state index contributed by atoms with van der Waals surface area (Å²) in [6, 6.07) is 16.5. The highest BCUT2D eigenvalue weighted by molar-refractivity contribution is 5.84. The molecule has 158 valence electrons. The largest absolute Gasteiger partial charge is 0.491 e. The molecule has 2 atom stereocenters. The maximum Gasteiger partial charge on any atom is 0.160 e. The topological polar surface area (TPSA) is 64.3 Å². The summed E-state index contributed by atoms with van der Waals surface area (Å²) in [7, 11) is 0. The quantitative estimate of drug-likeness (QED) is 0.502. The van der Waals surface area contributed by atoms with Crippen LogP contribution in [0.4, 0.5) is 0 Å². The molecule has 3 aromatic heterocycles. The Morgan fingerprint density at radius 3 is 2.94 bits per heavy atom. The third-order valence-electron chi connectivity index (χ3n) is 6.88. The van der Waals surface area contributed by atoms with Crippen molar-refractivity contribution in [1.29, 1.82) is 0 Å². The van der Waals surface area contributed by atoms with E-state index in [0.717, 1.165) is 53.4 Å². The lowest BCUT2D eigenvalue weighted by molar-refractivity contribution is 0.0681. The lowest BCUT2D eigenvalue weighted by atomic mass is 9.72. The smallest absolute Gasteiger partial charge is 0.160 e. The molecule has 1 aliphatic carbocycles. The van der Waals surface area contributed by atoms with Crippen molar-refractivity contribution >= 4 is 16.6 Å². The van der Waals surface area contributed by atoms with Gasteiger partial charge in [0.2, 0.25) is 0 Å². The second kappa shape index (κ2) is 7.61. The molecule has 31 heavy (non-hydrogen) atoms. The van der Waals surface area contributed by atoms with Gasteiger partial charge in [-0.3, -0.25) is 9.38 Å². The van der Waals surface area contributed by atoms with Gasteiger partial charge in [0, 0.05) is 23.2 Å². The van der Waals surface area contributed by atoms with Crippen molar-refractivity contribution in [3.05, 3.63) is 66.7 Å². The Kier molecular flexibility index (Phi) is 4.60. The van der Waals surface area contributed by atoms with Gasteiger partial charge in [0.25, 0.3) is 0 Å². The zero-order chi connectivity index (χ0) is 20.7. The predicted octanol–water partition coefficient (Wildman–Crippen LogP) is 4.57. The van der Waals surface area contributed by atoms with Gasteiger partial charge in [-0.1, -0.05) is 37.1 Å². The minimum Gasteiger partial charge on any atom is -0.491 e. The van der Waals surface area contributed by atoms with Gasteiger partial charge in [0.1, 0.15) is 11.3 Å². The third-order valence-corrected chi connectivity index (χ3v) is 6.88. The molecule has 0 amide bonds. The highest BCUT2D eigenvalue weighted by atomic mass is 16.5. The van der Waals surface area contributed by atoms with Gasteiger partial charge < -0.3 is 10.1 Å². The molecule has 0 radical (unpaired) electrons.